The first-order chi connectivity index (χ1) is 12.5. The van der Waals surface area contributed by atoms with Crippen molar-refractivity contribution in [1.82, 2.24) is 10.3 Å². The molecule has 6 heteroatoms. The van der Waals surface area contributed by atoms with E-state index < -0.39 is 0 Å². The first-order valence-corrected chi connectivity index (χ1v) is 8.69. The van der Waals surface area contributed by atoms with Crippen molar-refractivity contribution in [2.24, 2.45) is 0 Å². The maximum Gasteiger partial charge on any atom is 0.251 e. The van der Waals surface area contributed by atoms with Gasteiger partial charge < -0.3 is 15.0 Å². The summed E-state index contributed by atoms with van der Waals surface area (Å²) in [5.41, 5.74) is 3.95. The van der Waals surface area contributed by atoms with Crippen LogP contribution in [-0.4, -0.2) is 30.5 Å². The number of hydrogen-bond donors (Lipinski definition) is 1. The van der Waals surface area contributed by atoms with Crippen molar-refractivity contribution in [1.29, 1.82) is 0 Å². The lowest BCUT2D eigenvalue weighted by atomic mass is 10.1. The highest BCUT2D eigenvalue weighted by Gasteiger charge is 2.22. The standard InChI is InChI=1S/C20H23N3O3/c1-13-11-21-17(14(2)19(13)26-3)12-22-20(25)15-6-4-7-16(10-15)23-9-5-8-18(23)24/h4,6-7,10-11H,5,8-9,12H2,1-3H3,(H,22,25). The summed E-state index contributed by atoms with van der Waals surface area (Å²) >= 11 is 0. The Kier molecular flexibility index (Phi) is 5.21. The molecule has 2 aromatic rings. The van der Waals surface area contributed by atoms with Crippen LogP contribution < -0.4 is 15.0 Å². The van der Waals surface area contributed by atoms with E-state index in [1.54, 1.807) is 36.4 Å². The minimum atomic E-state index is -0.195. The highest BCUT2D eigenvalue weighted by Crippen LogP contribution is 2.24. The summed E-state index contributed by atoms with van der Waals surface area (Å²) in [4.78, 5) is 30.5. The number of methoxy groups -OCH3 is 1. The average Bonchev–Trinajstić information content (AvgIpc) is 3.07. The number of hydrogen-bond acceptors (Lipinski definition) is 4. The molecule has 0 aliphatic carbocycles. The molecule has 0 atom stereocenters. The third-order valence-electron chi connectivity index (χ3n) is 4.66. The zero-order chi connectivity index (χ0) is 18.7. The lowest BCUT2D eigenvalue weighted by molar-refractivity contribution is -0.117. The van der Waals surface area contributed by atoms with Crippen LogP contribution in [0.3, 0.4) is 0 Å². The van der Waals surface area contributed by atoms with Crippen LogP contribution >= 0.6 is 0 Å². The van der Waals surface area contributed by atoms with E-state index in [9.17, 15) is 9.59 Å². The van der Waals surface area contributed by atoms with E-state index in [1.807, 2.05) is 19.9 Å². The summed E-state index contributed by atoms with van der Waals surface area (Å²) in [6.07, 6.45) is 3.17. The minimum Gasteiger partial charge on any atom is -0.496 e. The van der Waals surface area contributed by atoms with Gasteiger partial charge in [-0.1, -0.05) is 6.07 Å². The number of nitrogens with zero attached hydrogens (tertiary/aromatic N) is 2. The van der Waals surface area contributed by atoms with Gasteiger partial charge >= 0.3 is 0 Å². The van der Waals surface area contributed by atoms with Crippen LogP contribution in [0.25, 0.3) is 0 Å². The van der Waals surface area contributed by atoms with Crippen LogP contribution in [0.4, 0.5) is 5.69 Å². The van der Waals surface area contributed by atoms with Crippen molar-refractivity contribution in [3.63, 3.8) is 0 Å². The van der Waals surface area contributed by atoms with Gasteiger partial charge in [-0.3, -0.25) is 14.6 Å². The molecule has 26 heavy (non-hydrogen) atoms. The van der Waals surface area contributed by atoms with Crippen molar-refractivity contribution in [3.05, 3.63) is 52.8 Å². The largest absolute Gasteiger partial charge is 0.496 e. The van der Waals surface area contributed by atoms with Gasteiger partial charge in [-0.15, -0.1) is 0 Å². The molecule has 2 amide bonds. The molecule has 1 aliphatic rings. The first-order valence-electron chi connectivity index (χ1n) is 8.69. The lowest BCUT2D eigenvalue weighted by Crippen LogP contribution is -2.26. The highest BCUT2D eigenvalue weighted by atomic mass is 16.5. The molecule has 1 fully saturated rings. The van der Waals surface area contributed by atoms with Gasteiger partial charge in [-0.05, 0) is 38.5 Å². The molecule has 0 saturated carbocycles. The fourth-order valence-electron chi connectivity index (χ4n) is 3.25. The summed E-state index contributed by atoms with van der Waals surface area (Å²) in [6, 6.07) is 7.16. The molecule has 3 rings (SSSR count). The summed E-state index contributed by atoms with van der Waals surface area (Å²) in [5, 5.41) is 2.90. The highest BCUT2D eigenvalue weighted by molar-refractivity contribution is 5.99. The van der Waals surface area contributed by atoms with Gasteiger partial charge in [0.25, 0.3) is 5.91 Å². The SMILES string of the molecule is COc1c(C)cnc(CNC(=O)c2cccc(N3CCCC3=O)c2)c1C. The van der Waals surface area contributed by atoms with E-state index in [-0.39, 0.29) is 11.8 Å². The minimum absolute atomic E-state index is 0.106. The molecule has 1 saturated heterocycles. The second kappa shape index (κ2) is 7.56. The smallest absolute Gasteiger partial charge is 0.251 e. The van der Waals surface area contributed by atoms with Crippen LogP contribution in [0.15, 0.2) is 30.5 Å². The third-order valence-corrected chi connectivity index (χ3v) is 4.66. The predicted octanol–water partition coefficient (Wildman–Crippen LogP) is 2.76. The molecule has 0 bridgehead atoms. The Morgan fingerprint density at radius 1 is 1.35 bits per heavy atom. The van der Waals surface area contributed by atoms with Gasteiger partial charge in [0.15, 0.2) is 0 Å². The molecule has 1 aliphatic heterocycles. The molecule has 1 aromatic heterocycles. The normalized spacial score (nSPS) is 13.8. The fourth-order valence-corrected chi connectivity index (χ4v) is 3.25. The molecule has 0 unspecified atom stereocenters. The second-order valence-corrected chi connectivity index (χ2v) is 6.43. The van der Waals surface area contributed by atoms with Gasteiger partial charge in [0.1, 0.15) is 5.75 Å². The van der Waals surface area contributed by atoms with E-state index >= 15 is 0 Å². The molecule has 6 nitrogen and oxygen atoms in total. The predicted molar refractivity (Wildman–Crippen MR) is 99.5 cm³/mol. The van der Waals surface area contributed by atoms with E-state index in [1.165, 1.54) is 0 Å². The zero-order valence-electron chi connectivity index (χ0n) is 15.3. The van der Waals surface area contributed by atoms with Crippen LogP contribution in [0.5, 0.6) is 5.75 Å². The molecule has 1 N–H and O–H groups in total. The average molecular weight is 353 g/mol. The van der Waals surface area contributed by atoms with E-state index in [0.29, 0.717) is 25.1 Å². The van der Waals surface area contributed by atoms with Crippen molar-refractivity contribution in [2.75, 3.05) is 18.6 Å². The van der Waals surface area contributed by atoms with E-state index in [2.05, 4.69) is 10.3 Å². The monoisotopic (exact) mass is 353 g/mol. The van der Waals surface area contributed by atoms with Gasteiger partial charge in [-0.25, -0.2) is 0 Å². The number of nitrogens with one attached hydrogen (secondary N) is 1. The number of rotatable bonds is 5. The van der Waals surface area contributed by atoms with Crippen LogP contribution in [0.1, 0.15) is 40.0 Å². The number of benzene rings is 1. The number of carbonyl (C=O) groups excluding carboxylic acids is 2. The van der Waals surface area contributed by atoms with Crippen LogP contribution in [0.2, 0.25) is 0 Å². The van der Waals surface area contributed by atoms with Crippen molar-refractivity contribution < 1.29 is 14.3 Å². The number of amides is 2. The Bertz CT molecular complexity index is 848. The van der Waals surface area contributed by atoms with Gasteiger partial charge in [0, 0.05) is 41.5 Å². The third kappa shape index (κ3) is 3.54. The topological polar surface area (TPSA) is 71.5 Å². The van der Waals surface area contributed by atoms with Gasteiger partial charge in [0.2, 0.25) is 5.91 Å². The Morgan fingerprint density at radius 2 is 2.15 bits per heavy atom. The molecule has 136 valence electrons. The Morgan fingerprint density at radius 3 is 2.85 bits per heavy atom. The maximum absolute atomic E-state index is 12.5. The summed E-state index contributed by atoms with van der Waals surface area (Å²) in [5.74, 6) is 0.701. The van der Waals surface area contributed by atoms with E-state index in [0.717, 1.165) is 34.7 Å². The van der Waals surface area contributed by atoms with Crippen LogP contribution in [-0.2, 0) is 11.3 Å². The number of aryl methyl sites for hydroxylation is 1. The Balaban J connectivity index is 1.72. The van der Waals surface area contributed by atoms with Crippen molar-refractivity contribution in [2.45, 2.75) is 33.2 Å². The quantitative estimate of drug-likeness (QED) is 0.897. The molecule has 0 radical (unpaired) electrons. The summed E-state index contributed by atoms with van der Waals surface area (Å²) < 4.78 is 5.40. The number of anilines is 1. The number of ether oxygens (including phenoxy) is 1. The maximum atomic E-state index is 12.5. The Labute approximate surface area is 153 Å². The zero-order valence-corrected chi connectivity index (χ0v) is 15.3. The number of carbonyl (C=O) groups is 2. The van der Waals surface area contributed by atoms with Gasteiger partial charge in [0.05, 0.1) is 19.3 Å². The number of pyridine rings is 1. The van der Waals surface area contributed by atoms with E-state index in [4.69, 9.17) is 4.74 Å². The second-order valence-electron chi connectivity index (χ2n) is 6.43. The Hall–Kier alpha value is -2.89. The molecule has 1 aromatic carbocycles. The molecule has 0 spiro atoms. The van der Waals surface area contributed by atoms with Crippen molar-refractivity contribution >= 4 is 17.5 Å². The van der Waals surface area contributed by atoms with Crippen molar-refractivity contribution in [3.8, 4) is 5.75 Å². The van der Waals surface area contributed by atoms with Gasteiger partial charge in [-0.2, -0.15) is 0 Å². The lowest BCUT2D eigenvalue weighted by Gasteiger charge is -2.16. The summed E-state index contributed by atoms with van der Waals surface area (Å²) in [6.45, 7) is 4.89. The first kappa shape index (κ1) is 17.9. The summed E-state index contributed by atoms with van der Waals surface area (Å²) in [7, 11) is 1.63. The van der Waals surface area contributed by atoms with Crippen LogP contribution in [0, 0.1) is 13.8 Å². The number of aromatic nitrogens is 1. The molecule has 2 heterocycles. The molecular weight excluding hydrogens is 330 g/mol. The molecular formula is C20H23N3O3. The fraction of sp³-hybridized carbons (Fsp3) is 0.350.